The number of primary amides is 1. The summed E-state index contributed by atoms with van der Waals surface area (Å²) in [4.78, 5) is 29.3. The third-order valence-corrected chi connectivity index (χ3v) is 0.687. The highest BCUT2D eigenvalue weighted by atomic mass is 16.3. The van der Waals surface area contributed by atoms with Gasteiger partial charge in [-0.2, -0.15) is 0 Å². The molecule has 0 saturated heterocycles. The fourth-order valence-corrected chi connectivity index (χ4v) is 0.276. The number of carbonyl (C=O) groups is 2. The Morgan fingerprint density at radius 2 is 1.89 bits per heavy atom. The molecule has 0 aliphatic heterocycles. The van der Waals surface area contributed by atoms with Crippen molar-refractivity contribution in [2.45, 2.75) is 12.8 Å². The van der Waals surface area contributed by atoms with Crippen molar-refractivity contribution in [1.82, 2.24) is 0 Å². The van der Waals surface area contributed by atoms with Crippen molar-refractivity contribution in [3.05, 3.63) is 4.91 Å². The third kappa shape index (κ3) is 4.60. The number of nitroso groups, excluding NO2 is 1. The molecule has 0 atom stereocenters. The second kappa shape index (κ2) is 3.71. The van der Waals surface area contributed by atoms with Gasteiger partial charge in [0.25, 0.3) is 5.91 Å². The standard InChI is InChI=1S/C4H6N2O3/c5-3(7)1-2-4(8)6-9/h1-2H2,(H2,5,7). The van der Waals surface area contributed by atoms with Gasteiger partial charge in [-0.15, -0.1) is 4.91 Å². The zero-order valence-corrected chi connectivity index (χ0v) is 4.66. The number of carbonyl (C=O) groups excluding carboxylic acids is 2. The zero-order valence-electron chi connectivity index (χ0n) is 4.66. The minimum Gasteiger partial charge on any atom is -0.370 e. The van der Waals surface area contributed by atoms with Crippen LogP contribution in [0.2, 0.25) is 0 Å². The Labute approximate surface area is 51.2 Å². The van der Waals surface area contributed by atoms with E-state index in [1.54, 1.807) is 0 Å². The molecule has 0 aliphatic rings. The SMILES string of the molecule is NC(=O)CCC(=O)N=O. The van der Waals surface area contributed by atoms with Crippen molar-refractivity contribution in [2.24, 2.45) is 10.9 Å². The lowest BCUT2D eigenvalue weighted by molar-refractivity contribution is -0.123. The highest BCUT2D eigenvalue weighted by Crippen LogP contribution is 1.88. The maximum absolute atomic E-state index is 10.0. The number of hydrogen-bond donors (Lipinski definition) is 1. The Hall–Kier alpha value is -1.26. The quantitative estimate of drug-likeness (QED) is 0.524. The molecule has 9 heavy (non-hydrogen) atoms. The van der Waals surface area contributed by atoms with Crippen LogP contribution in [0.4, 0.5) is 0 Å². The van der Waals surface area contributed by atoms with E-state index in [0.29, 0.717) is 0 Å². The molecule has 5 heteroatoms. The van der Waals surface area contributed by atoms with Crippen LogP contribution < -0.4 is 5.73 Å². The summed E-state index contributed by atoms with van der Waals surface area (Å²) in [7, 11) is 0. The fraction of sp³-hybridized carbons (Fsp3) is 0.500. The van der Waals surface area contributed by atoms with E-state index < -0.39 is 11.8 Å². The number of rotatable bonds is 3. The van der Waals surface area contributed by atoms with Crippen molar-refractivity contribution in [2.75, 3.05) is 0 Å². The van der Waals surface area contributed by atoms with Crippen LogP contribution in [0.25, 0.3) is 0 Å². The van der Waals surface area contributed by atoms with E-state index in [9.17, 15) is 14.5 Å². The first-order valence-corrected chi connectivity index (χ1v) is 2.31. The Balaban J connectivity index is 3.39. The van der Waals surface area contributed by atoms with Gasteiger partial charge in [-0.05, 0) is 0 Å². The highest BCUT2D eigenvalue weighted by molar-refractivity contribution is 5.83. The Bertz CT molecular complexity index is 143. The average molecular weight is 130 g/mol. The lowest BCUT2D eigenvalue weighted by Crippen LogP contribution is -2.11. The first kappa shape index (κ1) is 7.74. The molecule has 5 nitrogen and oxygen atoms in total. The summed E-state index contributed by atoms with van der Waals surface area (Å²) in [5.41, 5.74) is 4.66. The van der Waals surface area contributed by atoms with E-state index in [0.717, 1.165) is 0 Å². The molecule has 2 amide bonds. The Kier molecular flexibility index (Phi) is 3.19. The largest absolute Gasteiger partial charge is 0.370 e. The lowest BCUT2D eigenvalue weighted by atomic mass is 10.3. The van der Waals surface area contributed by atoms with Crippen molar-refractivity contribution < 1.29 is 9.59 Å². The summed E-state index contributed by atoms with van der Waals surface area (Å²) >= 11 is 0. The molecule has 0 aromatic rings. The molecule has 0 bridgehead atoms. The minimum atomic E-state index is -0.839. The van der Waals surface area contributed by atoms with Crippen LogP contribution in [0.15, 0.2) is 5.18 Å². The van der Waals surface area contributed by atoms with Gasteiger partial charge in [-0.1, -0.05) is 0 Å². The molecule has 0 aliphatic carbocycles. The van der Waals surface area contributed by atoms with Gasteiger partial charge in [-0.25, -0.2) is 0 Å². The molecule has 0 heterocycles. The van der Waals surface area contributed by atoms with Crippen molar-refractivity contribution in [3.63, 3.8) is 0 Å². The van der Waals surface area contributed by atoms with E-state index in [4.69, 9.17) is 0 Å². The van der Waals surface area contributed by atoms with Gasteiger partial charge in [0.2, 0.25) is 5.91 Å². The van der Waals surface area contributed by atoms with Gasteiger partial charge in [0.1, 0.15) is 0 Å². The molecule has 0 saturated carbocycles. The second-order valence-corrected chi connectivity index (χ2v) is 1.45. The molecular weight excluding hydrogens is 124 g/mol. The molecule has 0 radical (unpaired) electrons. The normalized spacial score (nSPS) is 8.44. The molecular formula is C4H6N2O3. The molecule has 0 aromatic carbocycles. The van der Waals surface area contributed by atoms with E-state index in [1.165, 1.54) is 0 Å². The monoisotopic (exact) mass is 130 g/mol. The fourth-order valence-electron chi connectivity index (χ4n) is 0.276. The smallest absolute Gasteiger partial charge is 0.286 e. The number of nitrogens with zero attached hydrogens (tertiary/aromatic N) is 1. The van der Waals surface area contributed by atoms with E-state index in [1.807, 2.05) is 0 Å². The molecule has 2 N–H and O–H groups in total. The predicted molar refractivity (Wildman–Crippen MR) is 29.2 cm³/mol. The number of amides is 2. The molecule has 0 spiro atoms. The average Bonchev–Trinajstić information content (AvgIpc) is 1.83. The van der Waals surface area contributed by atoms with E-state index in [-0.39, 0.29) is 12.8 Å². The number of hydrogen-bond acceptors (Lipinski definition) is 3. The van der Waals surface area contributed by atoms with Gasteiger partial charge in [-0.3, -0.25) is 9.59 Å². The number of nitrogens with two attached hydrogens (primary N) is 1. The van der Waals surface area contributed by atoms with Gasteiger partial charge in [0.15, 0.2) is 0 Å². The summed E-state index contributed by atoms with van der Waals surface area (Å²) in [5.74, 6) is -1.44. The van der Waals surface area contributed by atoms with Crippen LogP contribution in [0, 0.1) is 4.91 Å². The maximum atomic E-state index is 10.0. The minimum absolute atomic E-state index is 0.107. The summed E-state index contributed by atoms with van der Waals surface area (Å²) in [5, 5.41) is 2.06. The third-order valence-electron chi connectivity index (χ3n) is 0.687. The summed E-state index contributed by atoms with van der Waals surface area (Å²) < 4.78 is 0. The molecule has 0 fully saturated rings. The first-order chi connectivity index (χ1) is 4.16. The first-order valence-electron chi connectivity index (χ1n) is 2.31. The molecule has 0 aromatic heterocycles. The Morgan fingerprint density at radius 3 is 2.22 bits per heavy atom. The van der Waals surface area contributed by atoms with Crippen molar-refractivity contribution in [3.8, 4) is 0 Å². The van der Waals surface area contributed by atoms with Gasteiger partial charge >= 0.3 is 0 Å². The molecule has 0 unspecified atom stereocenters. The summed E-state index contributed by atoms with van der Waals surface area (Å²) in [6.07, 6.45) is -0.288. The van der Waals surface area contributed by atoms with Crippen LogP contribution in [0.3, 0.4) is 0 Å². The molecule has 0 rings (SSSR count). The molecule has 50 valence electrons. The van der Waals surface area contributed by atoms with Crippen LogP contribution in [-0.4, -0.2) is 11.8 Å². The van der Waals surface area contributed by atoms with Crippen LogP contribution in [0.1, 0.15) is 12.8 Å². The highest BCUT2D eigenvalue weighted by Gasteiger charge is 2.01. The van der Waals surface area contributed by atoms with Gasteiger partial charge in [0, 0.05) is 18.0 Å². The van der Waals surface area contributed by atoms with Gasteiger partial charge in [0.05, 0.1) is 0 Å². The van der Waals surface area contributed by atoms with Crippen LogP contribution in [-0.2, 0) is 9.59 Å². The predicted octanol–water partition coefficient (Wildman–Crippen LogP) is -0.455. The van der Waals surface area contributed by atoms with Crippen LogP contribution in [0.5, 0.6) is 0 Å². The van der Waals surface area contributed by atoms with Crippen molar-refractivity contribution >= 4 is 11.8 Å². The summed E-state index contributed by atoms with van der Waals surface area (Å²) in [6.45, 7) is 0. The van der Waals surface area contributed by atoms with Crippen LogP contribution >= 0.6 is 0 Å². The zero-order chi connectivity index (χ0) is 7.28. The van der Waals surface area contributed by atoms with Crippen molar-refractivity contribution in [1.29, 1.82) is 0 Å². The van der Waals surface area contributed by atoms with E-state index in [2.05, 4.69) is 10.9 Å². The lowest BCUT2D eigenvalue weighted by Gasteiger charge is -1.85. The Morgan fingerprint density at radius 1 is 1.33 bits per heavy atom. The topological polar surface area (TPSA) is 89.6 Å². The van der Waals surface area contributed by atoms with E-state index >= 15 is 0 Å². The maximum Gasteiger partial charge on any atom is 0.286 e. The van der Waals surface area contributed by atoms with Gasteiger partial charge < -0.3 is 5.73 Å². The summed E-state index contributed by atoms with van der Waals surface area (Å²) in [6, 6.07) is 0. The second-order valence-electron chi connectivity index (χ2n) is 1.45.